The van der Waals surface area contributed by atoms with Crippen LogP contribution in [0.3, 0.4) is 0 Å². The van der Waals surface area contributed by atoms with Crippen LogP contribution in [-0.2, 0) is 0 Å². The molecule has 0 aliphatic carbocycles. The van der Waals surface area contributed by atoms with Crippen molar-refractivity contribution in [1.29, 1.82) is 0 Å². The van der Waals surface area contributed by atoms with Gasteiger partial charge in [0.25, 0.3) is 5.91 Å². The van der Waals surface area contributed by atoms with Gasteiger partial charge in [0.05, 0.1) is 5.69 Å². The van der Waals surface area contributed by atoms with Gasteiger partial charge in [-0.3, -0.25) is 4.79 Å². The van der Waals surface area contributed by atoms with Gasteiger partial charge in [0.2, 0.25) is 0 Å². The number of benzene rings is 1. The average Bonchev–Trinajstić information content (AvgIpc) is 2.48. The molecule has 0 saturated carbocycles. The number of hydrogen-bond donors (Lipinski definition) is 1. The molecule has 0 aliphatic rings. The van der Waals surface area contributed by atoms with Crippen LogP contribution in [-0.4, -0.2) is 22.1 Å². The molecule has 0 spiro atoms. The fourth-order valence-electron chi connectivity index (χ4n) is 1.62. The van der Waals surface area contributed by atoms with Crippen LogP contribution in [0, 0.1) is 0 Å². The van der Waals surface area contributed by atoms with Crippen LogP contribution in [0.15, 0.2) is 42.5 Å². The Bertz CT molecular complexity index is 537. The fraction of sp³-hybridized carbons (Fsp3) is 0.267. The zero-order valence-electron chi connectivity index (χ0n) is 11.1. The summed E-state index contributed by atoms with van der Waals surface area (Å²) < 4.78 is 0. The first-order chi connectivity index (χ1) is 9.20. The minimum absolute atomic E-state index is 0.142. The predicted octanol–water partition coefficient (Wildman–Crippen LogP) is 2.67. The molecule has 4 heteroatoms. The quantitative estimate of drug-likeness (QED) is 0.913. The molecule has 1 heterocycles. The monoisotopic (exact) mass is 255 g/mol. The maximum absolute atomic E-state index is 11.8. The minimum atomic E-state index is -0.179. The van der Waals surface area contributed by atoms with Crippen LogP contribution in [0.2, 0.25) is 0 Å². The highest BCUT2D eigenvalue weighted by atomic mass is 16.2. The van der Waals surface area contributed by atoms with Crippen molar-refractivity contribution in [3.05, 3.63) is 48.2 Å². The molecule has 0 aliphatic heterocycles. The standard InChI is InChI=1S/C15H17N3O/c1-3-11(2)16-15(19)14-10-9-13(17-18-14)12-7-5-4-6-8-12/h4-11H,3H2,1-2H3,(H,16,19). The third-order valence-electron chi connectivity index (χ3n) is 2.96. The molecule has 2 rings (SSSR count). The third-order valence-corrected chi connectivity index (χ3v) is 2.96. The highest BCUT2D eigenvalue weighted by molar-refractivity contribution is 5.92. The lowest BCUT2D eigenvalue weighted by Gasteiger charge is -2.10. The second kappa shape index (κ2) is 6.09. The summed E-state index contributed by atoms with van der Waals surface area (Å²) in [4.78, 5) is 11.8. The van der Waals surface area contributed by atoms with Crippen molar-refractivity contribution in [2.75, 3.05) is 0 Å². The van der Waals surface area contributed by atoms with Gasteiger partial charge < -0.3 is 5.32 Å². The van der Waals surface area contributed by atoms with Crippen LogP contribution in [0.25, 0.3) is 11.3 Å². The summed E-state index contributed by atoms with van der Waals surface area (Å²) in [5, 5.41) is 10.9. The topological polar surface area (TPSA) is 54.9 Å². The lowest BCUT2D eigenvalue weighted by atomic mass is 10.1. The molecule has 1 N–H and O–H groups in total. The van der Waals surface area contributed by atoms with Crippen molar-refractivity contribution in [3.63, 3.8) is 0 Å². The maximum Gasteiger partial charge on any atom is 0.272 e. The number of aromatic nitrogens is 2. The molecular weight excluding hydrogens is 238 g/mol. The number of hydrogen-bond acceptors (Lipinski definition) is 3. The molecule has 1 atom stereocenters. The van der Waals surface area contributed by atoms with Crippen molar-refractivity contribution < 1.29 is 4.79 Å². The Labute approximate surface area is 112 Å². The van der Waals surface area contributed by atoms with E-state index in [-0.39, 0.29) is 11.9 Å². The van der Waals surface area contributed by atoms with E-state index in [1.54, 1.807) is 6.07 Å². The van der Waals surface area contributed by atoms with Crippen LogP contribution in [0.4, 0.5) is 0 Å². The minimum Gasteiger partial charge on any atom is -0.348 e. The van der Waals surface area contributed by atoms with Crippen LogP contribution in [0.1, 0.15) is 30.8 Å². The lowest BCUT2D eigenvalue weighted by Crippen LogP contribution is -2.32. The van der Waals surface area contributed by atoms with E-state index in [0.717, 1.165) is 17.7 Å². The number of nitrogens with one attached hydrogen (secondary N) is 1. The summed E-state index contributed by atoms with van der Waals surface area (Å²) >= 11 is 0. The Kier molecular flexibility index (Phi) is 4.23. The van der Waals surface area contributed by atoms with Gasteiger partial charge in [-0.05, 0) is 25.5 Å². The smallest absolute Gasteiger partial charge is 0.272 e. The molecule has 1 aromatic carbocycles. The molecule has 1 unspecified atom stereocenters. The largest absolute Gasteiger partial charge is 0.348 e. The first kappa shape index (κ1) is 13.2. The average molecular weight is 255 g/mol. The Morgan fingerprint density at radius 1 is 1.16 bits per heavy atom. The highest BCUT2D eigenvalue weighted by Crippen LogP contribution is 2.14. The van der Waals surface area contributed by atoms with E-state index in [2.05, 4.69) is 15.5 Å². The van der Waals surface area contributed by atoms with E-state index in [1.807, 2.05) is 50.2 Å². The zero-order valence-corrected chi connectivity index (χ0v) is 11.1. The summed E-state index contributed by atoms with van der Waals surface area (Å²) in [6.07, 6.45) is 0.890. The van der Waals surface area contributed by atoms with Gasteiger partial charge in [0.15, 0.2) is 5.69 Å². The molecule has 2 aromatic rings. The molecule has 1 amide bonds. The molecule has 0 fully saturated rings. The van der Waals surface area contributed by atoms with Crippen molar-refractivity contribution in [2.24, 2.45) is 0 Å². The molecule has 0 radical (unpaired) electrons. The number of nitrogens with zero attached hydrogens (tertiary/aromatic N) is 2. The predicted molar refractivity (Wildman–Crippen MR) is 74.7 cm³/mol. The molecular formula is C15H17N3O. The number of rotatable bonds is 4. The first-order valence-electron chi connectivity index (χ1n) is 6.40. The maximum atomic E-state index is 11.8. The van der Waals surface area contributed by atoms with Gasteiger partial charge in [-0.25, -0.2) is 0 Å². The third kappa shape index (κ3) is 3.37. The normalized spacial score (nSPS) is 11.9. The zero-order chi connectivity index (χ0) is 13.7. The van der Waals surface area contributed by atoms with E-state index >= 15 is 0 Å². The summed E-state index contributed by atoms with van der Waals surface area (Å²) in [6, 6.07) is 13.4. The van der Waals surface area contributed by atoms with Crippen molar-refractivity contribution in [2.45, 2.75) is 26.3 Å². The van der Waals surface area contributed by atoms with Crippen LogP contribution >= 0.6 is 0 Å². The van der Waals surface area contributed by atoms with E-state index in [0.29, 0.717) is 5.69 Å². The molecule has 1 aromatic heterocycles. The molecule has 4 nitrogen and oxygen atoms in total. The van der Waals surface area contributed by atoms with Gasteiger partial charge in [0.1, 0.15) is 0 Å². The van der Waals surface area contributed by atoms with Crippen LogP contribution in [0.5, 0.6) is 0 Å². The highest BCUT2D eigenvalue weighted by Gasteiger charge is 2.10. The summed E-state index contributed by atoms with van der Waals surface area (Å²) in [5.74, 6) is -0.179. The summed E-state index contributed by atoms with van der Waals surface area (Å²) in [5.41, 5.74) is 2.10. The molecule has 19 heavy (non-hydrogen) atoms. The number of carbonyl (C=O) groups is 1. The van der Waals surface area contributed by atoms with Gasteiger partial charge >= 0.3 is 0 Å². The number of carbonyl (C=O) groups excluding carboxylic acids is 1. The van der Waals surface area contributed by atoms with E-state index in [1.165, 1.54) is 0 Å². The molecule has 0 bridgehead atoms. The second-order valence-corrected chi connectivity index (χ2v) is 4.45. The Hall–Kier alpha value is -2.23. The van der Waals surface area contributed by atoms with Gasteiger partial charge in [-0.2, -0.15) is 0 Å². The van der Waals surface area contributed by atoms with Crippen LogP contribution < -0.4 is 5.32 Å². The molecule has 0 saturated heterocycles. The van der Waals surface area contributed by atoms with Gasteiger partial charge in [-0.15, -0.1) is 10.2 Å². The lowest BCUT2D eigenvalue weighted by molar-refractivity contribution is 0.0933. The van der Waals surface area contributed by atoms with Crippen molar-refractivity contribution in [3.8, 4) is 11.3 Å². The Morgan fingerprint density at radius 2 is 1.89 bits per heavy atom. The fourth-order valence-corrected chi connectivity index (χ4v) is 1.62. The van der Waals surface area contributed by atoms with E-state index in [4.69, 9.17) is 0 Å². The second-order valence-electron chi connectivity index (χ2n) is 4.45. The Balaban J connectivity index is 2.13. The van der Waals surface area contributed by atoms with E-state index in [9.17, 15) is 4.79 Å². The molecule has 98 valence electrons. The SMILES string of the molecule is CCC(C)NC(=O)c1ccc(-c2ccccc2)nn1. The number of amides is 1. The van der Waals surface area contributed by atoms with Gasteiger partial charge in [-0.1, -0.05) is 37.3 Å². The first-order valence-corrected chi connectivity index (χ1v) is 6.40. The van der Waals surface area contributed by atoms with E-state index < -0.39 is 0 Å². The Morgan fingerprint density at radius 3 is 2.47 bits per heavy atom. The van der Waals surface area contributed by atoms with Crippen molar-refractivity contribution >= 4 is 5.91 Å². The summed E-state index contributed by atoms with van der Waals surface area (Å²) in [6.45, 7) is 3.98. The summed E-state index contributed by atoms with van der Waals surface area (Å²) in [7, 11) is 0. The van der Waals surface area contributed by atoms with Crippen molar-refractivity contribution in [1.82, 2.24) is 15.5 Å². The van der Waals surface area contributed by atoms with Gasteiger partial charge in [0, 0.05) is 11.6 Å².